The fourth-order valence-corrected chi connectivity index (χ4v) is 3.48. The van der Waals surface area contributed by atoms with Gasteiger partial charge in [-0.3, -0.25) is 4.79 Å². The second-order valence-corrected chi connectivity index (χ2v) is 6.27. The van der Waals surface area contributed by atoms with E-state index in [-0.39, 0.29) is 11.9 Å². The maximum Gasteiger partial charge on any atom is 0.311 e. The topological polar surface area (TPSA) is 38.8 Å². The van der Waals surface area contributed by atoms with E-state index in [1.807, 2.05) is 18.2 Å². The van der Waals surface area contributed by atoms with Gasteiger partial charge in [-0.05, 0) is 25.1 Å². The lowest BCUT2D eigenvalue weighted by molar-refractivity contribution is -0.176. The Morgan fingerprint density at radius 1 is 1.32 bits per heavy atom. The summed E-state index contributed by atoms with van der Waals surface area (Å²) in [5.41, 5.74) is 0.591. The van der Waals surface area contributed by atoms with Crippen molar-refractivity contribution in [3.8, 4) is 0 Å². The molecule has 0 bridgehead atoms. The number of esters is 1. The van der Waals surface area contributed by atoms with Crippen LogP contribution >= 0.6 is 0 Å². The standard InChI is InChI=1S/C18H25NO3/c1-2-19-11-8-15(14-19)17(20)22-18(9-12-21-13-10-18)16-6-4-3-5-7-16/h3-7,15H,2,8-14H2,1H3. The number of rotatable bonds is 4. The molecule has 3 rings (SSSR count). The second kappa shape index (κ2) is 6.80. The highest BCUT2D eigenvalue weighted by atomic mass is 16.6. The first-order valence-electron chi connectivity index (χ1n) is 8.32. The molecule has 2 saturated heterocycles. The van der Waals surface area contributed by atoms with Gasteiger partial charge >= 0.3 is 5.97 Å². The maximum absolute atomic E-state index is 12.7. The lowest BCUT2D eigenvalue weighted by Crippen LogP contribution is -2.40. The molecule has 1 atom stereocenters. The average molecular weight is 303 g/mol. The van der Waals surface area contributed by atoms with Crippen molar-refractivity contribution < 1.29 is 14.3 Å². The van der Waals surface area contributed by atoms with Gasteiger partial charge < -0.3 is 14.4 Å². The number of carbonyl (C=O) groups excluding carboxylic acids is 1. The summed E-state index contributed by atoms with van der Waals surface area (Å²) in [5.74, 6) is -0.0231. The van der Waals surface area contributed by atoms with E-state index in [1.54, 1.807) is 0 Å². The normalized spacial score (nSPS) is 25.0. The van der Waals surface area contributed by atoms with Crippen molar-refractivity contribution in [2.75, 3.05) is 32.8 Å². The summed E-state index contributed by atoms with van der Waals surface area (Å²) < 4.78 is 11.6. The fraction of sp³-hybridized carbons (Fsp3) is 0.611. The van der Waals surface area contributed by atoms with Gasteiger partial charge in [0, 0.05) is 19.4 Å². The van der Waals surface area contributed by atoms with E-state index in [0.717, 1.165) is 44.5 Å². The summed E-state index contributed by atoms with van der Waals surface area (Å²) >= 11 is 0. The van der Waals surface area contributed by atoms with E-state index in [9.17, 15) is 4.79 Å². The maximum atomic E-state index is 12.7. The van der Waals surface area contributed by atoms with E-state index in [0.29, 0.717) is 13.2 Å². The average Bonchev–Trinajstić information content (AvgIpc) is 3.06. The van der Waals surface area contributed by atoms with E-state index in [4.69, 9.17) is 9.47 Å². The number of hydrogen-bond acceptors (Lipinski definition) is 4. The molecule has 4 nitrogen and oxygen atoms in total. The number of nitrogens with zero attached hydrogens (tertiary/aromatic N) is 1. The van der Waals surface area contributed by atoms with Crippen molar-refractivity contribution in [2.24, 2.45) is 5.92 Å². The molecular weight excluding hydrogens is 278 g/mol. The molecule has 0 N–H and O–H groups in total. The van der Waals surface area contributed by atoms with Crippen LogP contribution in [0.1, 0.15) is 31.7 Å². The van der Waals surface area contributed by atoms with Crippen molar-refractivity contribution in [1.29, 1.82) is 0 Å². The molecule has 0 aromatic heterocycles. The third-order valence-electron chi connectivity index (χ3n) is 4.95. The third-order valence-corrected chi connectivity index (χ3v) is 4.95. The molecule has 0 radical (unpaired) electrons. The SMILES string of the molecule is CCN1CCC(C(=O)OC2(c3ccccc3)CCOCC2)C1. The Labute approximate surface area is 132 Å². The molecular formula is C18H25NO3. The summed E-state index contributed by atoms with van der Waals surface area (Å²) in [4.78, 5) is 15.0. The zero-order valence-corrected chi connectivity index (χ0v) is 13.3. The van der Waals surface area contributed by atoms with Crippen LogP contribution in [0, 0.1) is 5.92 Å². The Morgan fingerprint density at radius 3 is 2.68 bits per heavy atom. The van der Waals surface area contributed by atoms with Gasteiger partial charge in [-0.25, -0.2) is 0 Å². The Kier molecular flexibility index (Phi) is 4.79. The molecule has 4 heteroatoms. The molecule has 1 aromatic rings. The molecule has 0 amide bonds. The fourth-order valence-electron chi connectivity index (χ4n) is 3.48. The highest BCUT2D eigenvalue weighted by Gasteiger charge is 2.40. The molecule has 0 aliphatic carbocycles. The van der Waals surface area contributed by atoms with Gasteiger partial charge in [0.1, 0.15) is 5.60 Å². The van der Waals surface area contributed by atoms with E-state index in [1.165, 1.54) is 0 Å². The number of ether oxygens (including phenoxy) is 2. The van der Waals surface area contributed by atoms with Crippen LogP contribution in [-0.2, 0) is 19.9 Å². The van der Waals surface area contributed by atoms with Gasteiger partial charge in [0.05, 0.1) is 19.1 Å². The summed E-state index contributed by atoms with van der Waals surface area (Å²) in [6.07, 6.45) is 2.40. The second-order valence-electron chi connectivity index (χ2n) is 6.27. The van der Waals surface area contributed by atoms with Crippen LogP contribution in [0.3, 0.4) is 0 Å². The predicted molar refractivity (Wildman–Crippen MR) is 84.5 cm³/mol. The number of carbonyl (C=O) groups is 1. The first-order chi connectivity index (χ1) is 10.7. The zero-order chi connectivity index (χ0) is 15.4. The van der Waals surface area contributed by atoms with Gasteiger partial charge in [-0.2, -0.15) is 0 Å². The summed E-state index contributed by atoms with van der Waals surface area (Å²) in [7, 11) is 0. The molecule has 120 valence electrons. The van der Waals surface area contributed by atoms with Gasteiger partial charge in [0.15, 0.2) is 0 Å². The lowest BCUT2D eigenvalue weighted by Gasteiger charge is -2.37. The van der Waals surface area contributed by atoms with Gasteiger partial charge in [0.2, 0.25) is 0 Å². The zero-order valence-electron chi connectivity index (χ0n) is 13.3. The first kappa shape index (κ1) is 15.5. The highest BCUT2D eigenvalue weighted by molar-refractivity contribution is 5.73. The number of likely N-dealkylation sites (tertiary alicyclic amines) is 1. The Balaban J connectivity index is 1.75. The smallest absolute Gasteiger partial charge is 0.311 e. The van der Waals surface area contributed by atoms with Gasteiger partial charge in [0.25, 0.3) is 0 Å². The van der Waals surface area contributed by atoms with E-state index in [2.05, 4.69) is 24.0 Å². The quantitative estimate of drug-likeness (QED) is 0.801. The monoisotopic (exact) mass is 303 g/mol. The van der Waals surface area contributed by atoms with Gasteiger partial charge in [-0.15, -0.1) is 0 Å². The predicted octanol–water partition coefficient (Wildman–Crippen LogP) is 2.58. The van der Waals surface area contributed by atoms with Crippen molar-refractivity contribution in [1.82, 2.24) is 4.90 Å². The Morgan fingerprint density at radius 2 is 2.05 bits per heavy atom. The van der Waals surface area contributed by atoms with Crippen molar-refractivity contribution in [2.45, 2.75) is 31.8 Å². The summed E-state index contributed by atoms with van der Waals surface area (Å²) in [6.45, 7) is 6.26. The number of hydrogen-bond donors (Lipinski definition) is 0. The molecule has 1 unspecified atom stereocenters. The minimum absolute atomic E-state index is 0.0170. The number of benzene rings is 1. The van der Waals surface area contributed by atoms with Crippen LogP contribution in [0.5, 0.6) is 0 Å². The van der Waals surface area contributed by atoms with E-state index < -0.39 is 5.60 Å². The molecule has 1 aromatic carbocycles. The Bertz CT molecular complexity index is 496. The van der Waals surface area contributed by atoms with Crippen LogP contribution in [0.15, 0.2) is 30.3 Å². The molecule has 0 saturated carbocycles. The lowest BCUT2D eigenvalue weighted by atomic mass is 9.86. The van der Waals surface area contributed by atoms with Crippen LogP contribution in [0.4, 0.5) is 0 Å². The first-order valence-corrected chi connectivity index (χ1v) is 8.32. The van der Waals surface area contributed by atoms with E-state index >= 15 is 0 Å². The van der Waals surface area contributed by atoms with Gasteiger partial charge in [-0.1, -0.05) is 37.3 Å². The van der Waals surface area contributed by atoms with Crippen LogP contribution in [0.25, 0.3) is 0 Å². The van der Waals surface area contributed by atoms with Crippen molar-refractivity contribution in [3.63, 3.8) is 0 Å². The van der Waals surface area contributed by atoms with Crippen LogP contribution < -0.4 is 0 Å². The Hall–Kier alpha value is -1.39. The van der Waals surface area contributed by atoms with Crippen molar-refractivity contribution in [3.05, 3.63) is 35.9 Å². The molecule has 2 aliphatic rings. The highest BCUT2D eigenvalue weighted by Crippen LogP contribution is 2.37. The molecule has 2 aliphatic heterocycles. The molecule has 22 heavy (non-hydrogen) atoms. The minimum atomic E-state index is -0.504. The summed E-state index contributed by atoms with van der Waals surface area (Å²) in [5, 5.41) is 0. The third kappa shape index (κ3) is 3.18. The van der Waals surface area contributed by atoms with Crippen LogP contribution in [0.2, 0.25) is 0 Å². The molecule has 0 spiro atoms. The summed E-state index contributed by atoms with van der Waals surface area (Å²) in [6, 6.07) is 10.1. The largest absolute Gasteiger partial charge is 0.454 e. The molecule has 2 fully saturated rings. The minimum Gasteiger partial charge on any atom is -0.454 e. The molecule has 2 heterocycles. The van der Waals surface area contributed by atoms with Crippen LogP contribution in [-0.4, -0.2) is 43.7 Å². The van der Waals surface area contributed by atoms with Crippen molar-refractivity contribution >= 4 is 5.97 Å².